The quantitative estimate of drug-likeness (QED) is 0.526. The molecular weight excluding hydrogens is 412 g/mol. The molecule has 0 spiro atoms. The maximum absolute atomic E-state index is 12.5. The SMILES string of the molecule is CC(=O)Nc1ccc(C)cc1NC(=O)/C=C/c1c(C)nn(Cc2ccc(C)cc2)c1Cl. The van der Waals surface area contributed by atoms with Gasteiger partial charge in [-0.25, -0.2) is 4.68 Å². The molecule has 0 radical (unpaired) electrons. The van der Waals surface area contributed by atoms with Crippen LogP contribution in [0.15, 0.2) is 48.5 Å². The van der Waals surface area contributed by atoms with Crippen molar-refractivity contribution in [2.24, 2.45) is 0 Å². The van der Waals surface area contributed by atoms with Crippen LogP contribution in [0, 0.1) is 20.8 Å². The van der Waals surface area contributed by atoms with E-state index in [0.29, 0.717) is 28.6 Å². The Morgan fingerprint density at radius 3 is 2.35 bits per heavy atom. The lowest BCUT2D eigenvalue weighted by molar-refractivity contribution is -0.114. The van der Waals surface area contributed by atoms with E-state index in [9.17, 15) is 9.59 Å². The molecule has 3 rings (SSSR count). The van der Waals surface area contributed by atoms with Gasteiger partial charge in [0.15, 0.2) is 0 Å². The minimum absolute atomic E-state index is 0.210. The molecule has 2 amide bonds. The molecule has 0 atom stereocenters. The van der Waals surface area contributed by atoms with Gasteiger partial charge in [0.05, 0.1) is 23.6 Å². The molecule has 1 heterocycles. The van der Waals surface area contributed by atoms with Gasteiger partial charge in [-0.2, -0.15) is 5.10 Å². The molecule has 6 nitrogen and oxygen atoms in total. The van der Waals surface area contributed by atoms with Crippen molar-refractivity contribution in [3.05, 3.63) is 81.6 Å². The first-order valence-corrected chi connectivity index (χ1v) is 10.3. The van der Waals surface area contributed by atoms with Crippen LogP contribution in [0.1, 0.15) is 34.9 Å². The van der Waals surface area contributed by atoms with Crippen molar-refractivity contribution in [1.82, 2.24) is 9.78 Å². The predicted molar refractivity (Wildman–Crippen MR) is 125 cm³/mol. The molecule has 0 bridgehead atoms. The molecule has 1 aromatic heterocycles. The van der Waals surface area contributed by atoms with E-state index in [1.165, 1.54) is 18.6 Å². The highest BCUT2D eigenvalue weighted by Gasteiger charge is 2.12. The highest BCUT2D eigenvalue weighted by molar-refractivity contribution is 6.31. The third-order valence-electron chi connectivity index (χ3n) is 4.71. The number of nitrogens with one attached hydrogen (secondary N) is 2. The van der Waals surface area contributed by atoms with E-state index < -0.39 is 0 Å². The number of aromatic nitrogens is 2. The zero-order valence-electron chi connectivity index (χ0n) is 18.0. The average Bonchev–Trinajstić information content (AvgIpc) is 2.96. The topological polar surface area (TPSA) is 76.0 Å². The zero-order chi connectivity index (χ0) is 22.5. The first-order valence-electron chi connectivity index (χ1n) is 9.88. The van der Waals surface area contributed by atoms with Gasteiger partial charge in [0, 0.05) is 18.6 Å². The number of rotatable bonds is 6. The zero-order valence-corrected chi connectivity index (χ0v) is 18.7. The fourth-order valence-electron chi connectivity index (χ4n) is 3.12. The second-order valence-electron chi connectivity index (χ2n) is 7.49. The number of hydrogen-bond acceptors (Lipinski definition) is 3. The number of benzene rings is 2. The monoisotopic (exact) mass is 436 g/mol. The summed E-state index contributed by atoms with van der Waals surface area (Å²) in [5.41, 5.74) is 5.74. The van der Waals surface area contributed by atoms with E-state index in [1.807, 2.05) is 51.1 Å². The van der Waals surface area contributed by atoms with E-state index in [4.69, 9.17) is 11.6 Å². The summed E-state index contributed by atoms with van der Waals surface area (Å²) in [6, 6.07) is 13.6. The first kappa shape index (κ1) is 22.3. The molecular formula is C24H25ClN4O2. The number of aryl methyl sites for hydroxylation is 3. The summed E-state index contributed by atoms with van der Waals surface area (Å²) in [6.45, 7) is 7.77. The standard InChI is InChI=1S/C24H25ClN4O2/c1-15-5-8-19(9-6-15)14-29-24(25)20(17(3)28-29)10-12-23(31)27-22-13-16(2)7-11-21(22)26-18(4)30/h5-13H,14H2,1-4H3,(H,26,30)(H,27,31)/b12-10+. The number of anilines is 2. The Balaban J connectivity index is 1.75. The third-order valence-corrected chi connectivity index (χ3v) is 5.11. The largest absolute Gasteiger partial charge is 0.325 e. The van der Waals surface area contributed by atoms with Crippen LogP contribution in [0.4, 0.5) is 11.4 Å². The number of halogens is 1. The van der Waals surface area contributed by atoms with Crippen LogP contribution in [-0.4, -0.2) is 21.6 Å². The molecule has 2 aromatic carbocycles. The van der Waals surface area contributed by atoms with E-state index in [0.717, 1.165) is 16.8 Å². The van der Waals surface area contributed by atoms with Gasteiger partial charge >= 0.3 is 0 Å². The molecule has 0 aliphatic rings. The normalized spacial score (nSPS) is 11.0. The van der Waals surface area contributed by atoms with Crippen molar-refractivity contribution in [3.8, 4) is 0 Å². The summed E-state index contributed by atoms with van der Waals surface area (Å²) >= 11 is 6.53. The molecule has 0 aliphatic heterocycles. The Bertz CT molecular complexity index is 1150. The molecule has 160 valence electrons. The molecule has 0 fully saturated rings. The lowest BCUT2D eigenvalue weighted by Crippen LogP contribution is -2.13. The van der Waals surface area contributed by atoms with E-state index >= 15 is 0 Å². The van der Waals surface area contributed by atoms with Crippen molar-refractivity contribution in [1.29, 1.82) is 0 Å². The molecule has 0 aliphatic carbocycles. The van der Waals surface area contributed by atoms with Crippen LogP contribution < -0.4 is 10.6 Å². The summed E-state index contributed by atoms with van der Waals surface area (Å²) in [7, 11) is 0. The lowest BCUT2D eigenvalue weighted by atomic mass is 10.1. The van der Waals surface area contributed by atoms with E-state index in [2.05, 4.69) is 15.7 Å². The Morgan fingerprint density at radius 1 is 1.00 bits per heavy atom. The second kappa shape index (κ2) is 9.62. The molecule has 0 unspecified atom stereocenters. The van der Waals surface area contributed by atoms with Gasteiger partial charge in [-0.3, -0.25) is 9.59 Å². The Hall–Kier alpha value is -3.38. The molecule has 7 heteroatoms. The highest BCUT2D eigenvalue weighted by atomic mass is 35.5. The maximum Gasteiger partial charge on any atom is 0.248 e. The third kappa shape index (κ3) is 5.83. The number of nitrogens with zero attached hydrogens (tertiary/aromatic N) is 2. The Kier molecular flexibility index (Phi) is 6.92. The van der Waals surface area contributed by atoms with Crippen molar-refractivity contribution in [2.75, 3.05) is 10.6 Å². The minimum Gasteiger partial charge on any atom is -0.325 e. The van der Waals surface area contributed by atoms with Crippen LogP contribution in [-0.2, 0) is 16.1 Å². The maximum atomic E-state index is 12.5. The predicted octanol–water partition coefficient (Wildman–Crippen LogP) is 5.12. The fourth-order valence-corrected chi connectivity index (χ4v) is 3.42. The first-order chi connectivity index (χ1) is 14.7. The van der Waals surface area contributed by atoms with Gasteiger partial charge in [-0.1, -0.05) is 47.5 Å². The van der Waals surface area contributed by atoms with Crippen molar-refractivity contribution in [2.45, 2.75) is 34.2 Å². The van der Waals surface area contributed by atoms with Crippen molar-refractivity contribution < 1.29 is 9.59 Å². The summed E-state index contributed by atoms with van der Waals surface area (Å²) in [5, 5.41) is 10.5. The van der Waals surface area contributed by atoms with Crippen LogP contribution >= 0.6 is 11.6 Å². The summed E-state index contributed by atoms with van der Waals surface area (Å²) in [6.07, 6.45) is 3.06. The van der Waals surface area contributed by atoms with Gasteiger partial charge < -0.3 is 10.6 Å². The average molecular weight is 437 g/mol. The second-order valence-corrected chi connectivity index (χ2v) is 7.84. The highest BCUT2D eigenvalue weighted by Crippen LogP contribution is 2.25. The van der Waals surface area contributed by atoms with Gasteiger partial charge in [-0.15, -0.1) is 0 Å². The molecule has 3 aromatic rings. The van der Waals surface area contributed by atoms with Crippen LogP contribution in [0.2, 0.25) is 5.15 Å². The number of carbonyl (C=O) groups is 2. The summed E-state index contributed by atoms with van der Waals surface area (Å²) in [4.78, 5) is 23.9. The number of carbonyl (C=O) groups excluding carboxylic acids is 2. The summed E-state index contributed by atoms with van der Waals surface area (Å²) in [5.74, 6) is -0.544. The number of amides is 2. The Labute approximate surface area is 186 Å². The molecule has 0 saturated carbocycles. The van der Waals surface area contributed by atoms with Gasteiger partial charge in [0.25, 0.3) is 0 Å². The summed E-state index contributed by atoms with van der Waals surface area (Å²) < 4.78 is 1.72. The number of hydrogen-bond donors (Lipinski definition) is 2. The fraction of sp³-hybridized carbons (Fsp3) is 0.208. The minimum atomic E-state index is -0.334. The van der Waals surface area contributed by atoms with Crippen LogP contribution in [0.5, 0.6) is 0 Å². The van der Waals surface area contributed by atoms with E-state index in [1.54, 1.807) is 22.9 Å². The van der Waals surface area contributed by atoms with Gasteiger partial charge in [0.1, 0.15) is 5.15 Å². The van der Waals surface area contributed by atoms with Crippen LogP contribution in [0.3, 0.4) is 0 Å². The van der Waals surface area contributed by atoms with E-state index in [-0.39, 0.29) is 11.8 Å². The smallest absolute Gasteiger partial charge is 0.248 e. The molecule has 31 heavy (non-hydrogen) atoms. The van der Waals surface area contributed by atoms with Gasteiger partial charge in [0.2, 0.25) is 11.8 Å². The van der Waals surface area contributed by atoms with Crippen molar-refractivity contribution >= 4 is 40.9 Å². The molecule has 0 saturated heterocycles. The van der Waals surface area contributed by atoms with Crippen LogP contribution in [0.25, 0.3) is 6.08 Å². The van der Waals surface area contributed by atoms with Crippen molar-refractivity contribution in [3.63, 3.8) is 0 Å². The van der Waals surface area contributed by atoms with Gasteiger partial charge in [-0.05, 0) is 50.1 Å². The Morgan fingerprint density at radius 2 is 1.68 bits per heavy atom. The molecule has 2 N–H and O–H groups in total. The lowest BCUT2D eigenvalue weighted by Gasteiger charge is -2.11.